The number of methoxy groups -OCH3 is 1. The van der Waals surface area contributed by atoms with Crippen molar-refractivity contribution in [3.63, 3.8) is 0 Å². The van der Waals surface area contributed by atoms with Gasteiger partial charge in [0.25, 0.3) is 0 Å². The standard InChI is InChI=1S/C17H22N2O2/c1-19-9-11(10-20)7-17(21-2)13-4-3-5-14-16(13)12(8-18-14)6-15(17)19/h3-5,8,11,15,18,20H,6-7,9-10H2,1-2H3/t11-,15?,17+/m1/s1. The Balaban J connectivity index is 1.96. The van der Waals surface area contributed by atoms with E-state index in [9.17, 15) is 5.11 Å². The van der Waals surface area contributed by atoms with Gasteiger partial charge in [0.05, 0.1) is 0 Å². The predicted octanol–water partition coefficient (Wildman–Crippen LogP) is 1.88. The molecule has 2 N–H and O–H groups in total. The minimum Gasteiger partial charge on any atom is -0.396 e. The van der Waals surface area contributed by atoms with Crippen molar-refractivity contribution in [3.05, 3.63) is 35.5 Å². The van der Waals surface area contributed by atoms with Crippen molar-refractivity contribution in [1.82, 2.24) is 9.88 Å². The largest absolute Gasteiger partial charge is 0.396 e. The van der Waals surface area contributed by atoms with Gasteiger partial charge in [-0.15, -0.1) is 0 Å². The molecule has 2 aliphatic rings. The summed E-state index contributed by atoms with van der Waals surface area (Å²) < 4.78 is 6.14. The van der Waals surface area contributed by atoms with Gasteiger partial charge in [0.1, 0.15) is 5.60 Å². The zero-order valence-corrected chi connectivity index (χ0v) is 12.6. The number of aromatic amines is 1. The van der Waals surface area contributed by atoms with Gasteiger partial charge in [-0.1, -0.05) is 12.1 Å². The van der Waals surface area contributed by atoms with Crippen molar-refractivity contribution in [1.29, 1.82) is 0 Å². The van der Waals surface area contributed by atoms with E-state index < -0.39 is 0 Å². The fraction of sp³-hybridized carbons (Fsp3) is 0.529. The second-order valence-electron chi connectivity index (χ2n) is 6.55. The number of piperidine rings is 1. The number of likely N-dealkylation sites (tertiary alicyclic amines) is 1. The highest BCUT2D eigenvalue weighted by Gasteiger charge is 2.51. The third-order valence-electron chi connectivity index (χ3n) is 5.49. The molecule has 2 heterocycles. The van der Waals surface area contributed by atoms with Crippen molar-refractivity contribution >= 4 is 10.9 Å². The van der Waals surface area contributed by atoms with Crippen LogP contribution in [0.25, 0.3) is 10.9 Å². The van der Waals surface area contributed by atoms with E-state index in [4.69, 9.17) is 4.74 Å². The molecule has 4 nitrogen and oxygen atoms in total. The van der Waals surface area contributed by atoms with E-state index in [0.717, 1.165) is 19.4 Å². The molecule has 112 valence electrons. The molecular weight excluding hydrogens is 264 g/mol. The van der Waals surface area contributed by atoms with Crippen molar-refractivity contribution in [2.45, 2.75) is 24.5 Å². The predicted molar refractivity (Wildman–Crippen MR) is 82.3 cm³/mol. The van der Waals surface area contributed by atoms with Crippen LogP contribution in [0.15, 0.2) is 24.4 Å². The van der Waals surface area contributed by atoms with Gasteiger partial charge in [-0.25, -0.2) is 0 Å². The number of nitrogens with zero attached hydrogens (tertiary/aromatic N) is 1. The first kappa shape index (κ1) is 13.3. The number of aliphatic hydroxyl groups excluding tert-OH is 1. The van der Waals surface area contributed by atoms with Crippen LogP contribution in [0.4, 0.5) is 0 Å². The van der Waals surface area contributed by atoms with Crippen LogP contribution >= 0.6 is 0 Å². The lowest BCUT2D eigenvalue weighted by Crippen LogP contribution is -2.59. The summed E-state index contributed by atoms with van der Waals surface area (Å²) in [5, 5.41) is 11.0. The number of hydrogen-bond donors (Lipinski definition) is 2. The molecule has 0 amide bonds. The Labute approximate surface area is 124 Å². The van der Waals surface area contributed by atoms with Gasteiger partial charge < -0.3 is 14.8 Å². The Morgan fingerprint density at radius 1 is 1.48 bits per heavy atom. The number of hydrogen-bond acceptors (Lipinski definition) is 3. The van der Waals surface area contributed by atoms with E-state index in [1.54, 1.807) is 0 Å². The van der Waals surface area contributed by atoms with Crippen molar-refractivity contribution in [2.24, 2.45) is 5.92 Å². The van der Waals surface area contributed by atoms with E-state index in [0.29, 0.717) is 6.04 Å². The average molecular weight is 286 g/mol. The van der Waals surface area contributed by atoms with E-state index >= 15 is 0 Å². The molecule has 1 aromatic heterocycles. The third kappa shape index (κ3) is 1.67. The first-order chi connectivity index (χ1) is 10.2. The number of H-pyrrole nitrogens is 1. The fourth-order valence-corrected chi connectivity index (χ4v) is 4.56. The smallest absolute Gasteiger partial charge is 0.110 e. The molecule has 1 aromatic carbocycles. The van der Waals surface area contributed by atoms with Gasteiger partial charge in [-0.3, -0.25) is 4.90 Å². The fourth-order valence-electron chi connectivity index (χ4n) is 4.56. The SMILES string of the molecule is CO[C@]12C[C@@H](CO)CN(C)C1Cc1c[nH]c3cccc2c13. The summed E-state index contributed by atoms with van der Waals surface area (Å²) in [4.78, 5) is 5.75. The van der Waals surface area contributed by atoms with Crippen LogP contribution in [-0.4, -0.2) is 48.3 Å². The molecule has 4 heteroatoms. The quantitative estimate of drug-likeness (QED) is 0.886. The van der Waals surface area contributed by atoms with Gasteiger partial charge >= 0.3 is 0 Å². The summed E-state index contributed by atoms with van der Waals surface area (Å²) in [6.45, 7) is 1.15. The Hall–Kier alpha value is -1.36. The highest BCUT2D eigenvalue weighted by molar-refractivity contribution is 5.88. The topological polar surface area (TPSA) is 48.5 Å². The number of benzene rings is 1. The Bertz CT molecular complexity index is 680. The first-order valence-corrected chi connectivity index (χ1v) is 7.65. The summed E-state index contributed by atoms with van der Waals surface area (Å²) in [5.74, 6) is 0.266. The number of aromatic nitrogens is 1. The molecule has 0 bridgehead atoms. The highest BCUT2D eigenvalue weighted by Crippen LogP contribution is 2.49. The molecule has 1 saturated heterocycles. The monoisotopic (exact) mass is 286 g/mol. The molecule has 0 radical (unpaired) electrons. The van der Waals surface area contributed by atoms with Crippen LogP contribution in [0, 0.1) is 5.92 Å². The molecule has 1 aliphatic carbocycles. The Morgan fingerprint density at radius 2 is 2.33 bits per heavy atom. The summed E-state index contributed by atoms with van der Waals surface area (Å²) >= 11 is 0. The molecule has 0 spiro atoms. The molecule has 3 atom stereocenters. The van der Waals surface area contributed by atoms with Crippen LogP contribution in [0.3, 0.4) is 0 Å². The number of likely N-dealkylation sites (N-methyl/N-ethyl adjacent to an activating group) is 1. The molecule has 21 heavy (non-hydrogen) atoms. The minimum absolute atomic E-state index is 0.220. The van der Waals surface area contributed by atoms with Crippen LogP contribution < -0.4 is 0 Å². The van der Waals surface area contributed by atoms with E-state index in [1.165, 1.54) is 22.0 Å². The zero-order valence-electron chi connectivity index (χ0n) is 12.6. The third-order valence-corrected chi connectivity index (χ3v) is 5.49. The summed E-state index contributed by atoms with van der Waals surface area (Å²) in [5.41, 5.74) is 3.54. The molecule has 1 aliphatic heterocycles. The maximum absolute atomic E-state index is 9.67. The second kappa shape index (κ2) is 4.57. The summed E-state index contributed by atoms with van der Waals surface area (Å²) in [6, 6.07) is 6.76. The number of aliphatic hydroxyl groups is 1. The van der Waals surface area contributed by atoms with Gasteiger partial charge in [0.2, 0.25) is 0 Å². The maximum atomic E-state index is 9.67. The van der Waals surface area contributed by atoms with Crippen molar-refractivity contribution in [3.8, 4) is 0 Å². The van der Waals surface area contributed by atoms with Crippen LogP contribution in [0.2, 0.25) is 0 Å². The molecule has 0 saturated carbocycles. The second-order valence-corrected chi connectivity index (χ2v) is 6.55. The van der Waals surface area contributed by atoms with E-state index in [1.807, 2.05) is 7.11 Å². The molecule has 2 aromatic rings. The number of fused-ring (bicyclic) bond motifs is 2. The summed E-state index contributed by atoms with van der Waals surface area (Å²) in [6.07, 6.45) is 4.03. The Kier molecular flexibility index (Phi) is 2.89. The van der Waals surface area contributed by atoms with Crippen molar-refractivity contribution < 1.29 is 9.84 Å². The van der Waals surface area contributed by atoms with Gasteiger partial charge in [-0.05, 0) is 43.0 Å². The van der Waals surface area contributed by atoms with Gasteiger partial charge in [0, 0.05) is 43.4 Å². The summed E-state index contributed by atoms with van der Waals surface area (Å²) in [7, 11) is 3.97. The maximum Gasteiger partial charge on any atom is 0.110 e. The minimum atomic E-state index is -0.310. The number of rotatable bonds is 2. The van der Waals surface area contributed by atoms with Gasteiger partial charge in [0.15, 0.2) is 0 Å². The van der Waals surface area contributed by atoms with Crippen LogP contribution in [0.1, 0.15) is 17.5 Å². The van der Waals surface area contributed by atoms with E-state index in [2.05, 4.69) is 41.3 Å². The number of ether oxygens (including phenoxy) is 1. The normalized spacial score (nSPS) is 32.3. The molecule has 1 unspecified atom stereocenters. The first-order valence-electron chi connectivity index (χ1n) is 7.65. The lowest BCUT2D eigenvalue weighted by Gasteiger charge is -2.52. The van der Waals surface area contributed by atoms with Gasteiger partial charge in [-0.2, -0.15) is 0 Å². The van der Waals surface area contributed by atoms with Crippen LogP contribution in [-0.2, 0) is 16.8 Å². The average Bonchev–Trinajstić information content (AvgIpc) is 2.93. The zero-order chi connectivity index (χ0) is 14.6. The molecule has 4 rings (SSSR count). The number of nitrogens with one attached hydrogen (secondary N) is 1. The van der Waals surface area contributed by atoms with Crippen LogP contribution in [0.5, 0.6) is 0 Å². The molecular formula is C17H22N2O2. The lowest BCUT2D eigenvalue weighted by atomic mass is 9.69. The highest BCUT2D eigenvalue weighted by atomic mass is 16.5. The lowest BCUT2D eigenvalue weighted by molar-refractivity contribution is -0.130. The Morgan fingerprint density at radius 3 is 3.10 bits per heavy atom. The van der Waals surface area contributed by atoms with Crippen molar-refractivity contribution in [2.75, 3.05) is 27.3 Å². The molecule has 1 fully saturated rings. The van der Waals surface area contributed by atoms with E-state index in [-0.39, 0.29) is 18.1 Å².